The van der Waals surface area contributed by atoms with E-state index in [1.54, 1.807) is 10.9 Å². The minimum atomic E-state index is -3.40. The molecule has 3 heterocycles. The maximum atomic E-state index is 14.3. The molecular formula is C25H28N6O3S. The molecule has 35 heavy (non-hydrogen) atoms. The number of benzene rings is 1. The van der Waals surface area contributed by atoms with Gasteiger partial charge in [-0.05, 0) is 72.9 Å². The Morgan fingerprint density at radius 3 is 2.66 bits per heavy atom. The zero-order chi connectivity index (χ0) is 23.8. The molecule has 2 N–H and O–H groups in total. The lowest BCUT2D eigenvalue weighted by molar-refractivity contribution is 0.224. The largest absolute Gasteiger partial charge is 0.477 e. The number of nitrogens with one attached hydrogen (secondary N) is 2. The van der Waals surface area contributed by atoms with Crippen molar-refractivity contribution in [1.82, 2.24) is 19.5 Å². The molecular weight excluding hydrogens is 464 g/mol. The number of hydrogen-bond donors (Lipinski definition) is 2. The highest BCUT2D eigenvalue weighted by atomic mass is 32.2. The van der Waals surface area contributed by atoms with Gasteiger partial charge in [0.2, 0.25) is 5.88 Å². The molecule has 1 atom stereocenters. The topological polar surface area (TPSA) is 111 Å². The average molecular weight is 493 g/mol. The predicted octanol–water partition coefficient (Wildman–Crippen LogP) is 3.80. The first-order valence-electron chi connectivity index (χ1n) is 12.2. The van der Waals surface area contributed by atoms with Crippen LogP contribution in [-0.4, -0.2) is 31.6 Å². The summed E-state index contributed by atoms with van der Waals surface area (Å²) in [4.78, 5) is 17.9. The van der Waals surface area contributed by atoms with E-state index >= 15 is 0 Å². The van der Waals surface area contributed by atoms with Gasteiger partial charge in [0.15, 0.2) is 9.92 Å². The summed E-state index contributed by atoms with van der Waals surface area (Å²) in [6.07, 6.45) is 10.1. The summed E-state index contributed by atoms with van der Waals surface area (Å²) in [6, 6.07) is 7.25. The van der Waals surface area contributed by atoms with Gasteiger partial charge >= 0.3 is 6.03 Å². The van der Waals surface area contributed by atoms with Crippen LogP contribution in [0.25, 0.3) is 0 Å². The van der Waals surface area contributed by atoms with E-state index in [0.29, 0.717) is 24.7 Å². The van der Waals surface area contributed by atoms with E-state index in [1.165, 1.54) is 28.5 Å². The second-order valence-electron chi connectivity index (χ2n) is 9.16. The zero-order valence-electron chi connectivity index (χ0n) is 19.5. The van der Waals surface area contributed by atoms with Crippen LogP contribution in [0.2, 0.25) is 0 Å². The Balaban J connectivity index is 1.34. The van der Waals surface area contributed by atoms with Crippen LogP contribution in [-0.2, 0) is 48.7 Å². The van der Waals surface area contributed by atoms with Gasteiger partial charge < -0.3 is 10.1 Å². The molecule has 2 aliphatic carbocycles. The zero-order valence-corrected chi connectivity index (χ0v) is 20.3. The van der Waals surface area contributed by atoms with Gasteiger partial charge in [0.25, 0.3) is 0 Å². The maximum Gasteiger partial charge on any atom is 0.331 e. The molecule has 0 saturated heterocycles. The molecule has 182 valence electrons. The lowest BCUT2D eigenvalue weighted by Crippen LogP contribution is -2.35. The Morgan fingerprint density at radius 2 is 1.91 bits per heavy atom. The molecule has 1 aromatic carbocycles. The Labute approximate surface area is 204 Å². The van der Waals surface area contributed by atoms with Gasteiger partial charge in [-0.1, -0.05) is 12.1 Å². The highest BCUT2D eigenvalue weighted by molar-refractivity contribution is 7.92. The van der Waals surface area contributed by atoms with Gasteiger partial charge in [0.1, 0.15) is 4.90 Å². The Morgan fingerprint density at radius 1 is 1.11 bits per heavy atom. The molecule has 0 fully saturated rings. The minimum absolute atomic E-state index is 0.0840. The smallest absolute Gasteiger partial charge is 0.331 e. The SMILES string of the molecule is O=C(Nc1c2c(cc3c1CCC3)CCC2)NS(=O)(=NCc1ccccn1)c1cnn2c1OCCC2. The van der Waals surface area contributed by atoms with Crippen molar-refractivity contribution in [2.75, 3.05) is 11.9 Å². The van der Waals surface area contributed by atoms with Crippen molar-refractivity contribution in [2.24, 2.45) is 4.36 Å². The molecule has 10 heteroatoms. The summed E-state index contributed by atoms with van der Waals surface area (Å²) >= 11 is 0. The Bertz CT molecular complexity index is 1380. The van der Waals surface area contributed by atoms with Gasteiger partial charge in [-0.3, -0.25) is 4.98 Å². The first-order chi connectivity index (χ1) is 17.1. The molecule has 1 unspecified atom stereocenters. The number of amides is 2. The van der Waals surface area contributed by atoms with E-state index in [2.05, 4.69) is 30.6 Å². The van der Waals surface area contributed by atoms with E-state index in [-0.39, 0.29) is 11.4 Å². The van der Waals surface area contributed by atoms with E-state index in [0.717, 1.165) is 50.6 Å². The minimum Gasteiger partial charge on any atom is -0.477 e. The fraction of sp³-hybridized carbons (Fsp3) is 0.400. The lowest BCUT2D eigenvalue weighted by atomic mass is 9.99. The highest BCUT2D eigenvalue weighted by Gasteiger charge is 2.29. The summed E-state index contributed by atoms with van der Waals surface area (Å²) in [7, 11) is -3.40. The second kappa shape index (κ2) is 8.99. The van der Waals surface area contributed by atoms with E-state index in [9.17, 15) is 9.00 Å². The number of carbonyl (C=O) groups is 1. The normalized spacial score (nSPS) is 17.5. The van der Waals surface area contributed by atoms with Crippen LogP contribution in [0.4, 0.5) is 10.5 Å². The number of pyridine rings is 1. The molecule has 0 saturated carbocycles. The van der Waals surface area contributed by atoms with Crippen molar-refractivity contribution in [1.29, 1.82) is 0 Å². The standard InChI is InChI=1S/C25H28N6O3S/c32-25(29-23-20-9-3-6-17(20)14-18-7-4-10-21(18)23)30-35(33,28-15-19-8-1-2-11-26-19)22-16-27-31-12-5-13-34-24(22)31/h1-2,8,11,14,16H,3-7,9-10,12-13,15H2,(H2,28,29,30,32,33). The van der Waals surface area contributed by atoms with Crippen molar-refractivity contribution < 1.29 is 13.7 Å². The average Bonchev–Trinajstić information content (AvgIpc) is 3.62. The monoisotopic (exact) mass is 492 g/mol. The summed E-state index contributed by atoms with van der Waals surface area (Å²) in [5.74, 6) is 0.396. The third kappa shape index (κ3) is 4.16. The lowest BCUT2D eigenvalue weighted by Gasteiger charge is -2.19. The number of rotatable bonds is 5. The summed E-state index contributed by atoms with van der Waals surface area (Å²) in [6.45, 7) is 1.25. The van der Waals surface area contributed by atoms with Gasteiger partial charge in [0.05, 0.1) is 25.0 Å². The van der Waals surface area contributed by atoms with E-state index in [1.807, 2.05) is 18.2 Å². The molecule has 0 radical (unpaired) electrons. The number of fused-ring (bicyclic) bond motifs is 3. The fourth-order valence-corrected chi connectivity index (χ4v) is 6.79. The quantitative estimate of drug-likeness (QED) is 0.563. The molecule has 0 bridgehead atoms. The first-order valence-corrected chi connectivity index (χ1v) is 13.7. The molecule has 2 aromatic heterocycles. The number of urea groups is 1. The van der Waals surface area contributed by atoms with Gasteiger partial charge in [-0.2, -0.15) is 5.10 Å². The van der Waals surface area contributed by atoms with Crippen LogP contribution >= 0.6 is 0 Å². The van der Waals surface area contributed by atoms with Crippen molar-refractivity contribution in [3.63, 3.8) is 0 Å². The first kappa shape index (κ1) is 22.1. The van der Waals surface area contributed by atoms with Gasteiger partial charge in [-0.25, -0.2) is 22.8 Å². The summed E-state index contributed by atoms with van der Waals surface area (Å²) in [5, 5.41) is 7.39. The summed E-state index contributed by atoms with van der Waals surface area (Å²) in [5.41, 5.74) is 6.61. The van der Waals surface area contributed by atoms with E-state index < -0.39 is 15.9 Å². The van der Waals surface area contributed by atoms with Crippen LogP contribution in [0.3, 0.4) is 0 Å². The van der Waals surface area contributed by atoms with E-state index in [4.69, 9.17) is 4.74 Å². The van der Waals surface area contributed by atoms with Crippen molar-refractivity contribution in [3.05, 3.63) is 64.6 Å². The third-order valence-corrected chi connectivity index (χ3v) is 8.72. The highest BCUT2D eigenvalue weighted by Crippen LogP contribution is 2.38. The number of aryl methyl sites for hydroxylation is 3. The molecule has 3 aromatic rings. The van der Waals surface area contributed by atoms with Gasteiger partial charge in [-0.15, -0.1) is 0 Å². The van der Waals surface area contributed by atoms with Crippen LogP contribution < -0.4 is 14.8 Å². The third-order valence-electron chi connectivity index (χ3n) is 6.89. The number of nitrogens with zero attached hydrogens (tertiary/aromatic N) is 4. The second-order valence-corrected chi connectivity index (χ2v) is 11.1. The fourth-order valence-electron chi connectivity index (χ4n) is 5.27. The molecule has 9 nitrogen and oxygen atoms in total. The summed E-state index contributed by atoms with van der Waals surface area (Å²) < 4.78 is 28.9. The molecule has 1 aliphatic heterocycles. The number of hydrogen-bond acceptors (Lipinski definition) is 6. The van der Waals surface area contributed by atoms with Crippen LogP contribution in [0, 0.1) is 0 Å². The number of aromatic nitrogens is 3. The number of carbonyl (C=O) groups excluding carboxylic acids is 1. The molecule has 2 amide bonds. The molecule has 0 spiro atoms. The number of ether oxygens (including phenoxy) is 1. The number of anilines is 1. The van der Waals surface area contributed by atoms with Crippen LogP contribution in [0.15, 0.2) is 45.9 Å². The molecule has 6 rings (SSSR count). The Hall–Kier alpha value is -3.40. The van der Waals surface area contributed by atoms with Crippen molar-refractivity contribution in [3.8, 4) is 5.88 Å². The predicted molar refractivity (Wildman–Crippen MR) is 132 cm³/mol. The maximum absolute atomic E-state index is 14.3. The van der Waals surface area contributed by atoms with Crippen molar-refractivity contribution in [2.45, 2.75) is 62.9 Å². The van der Waals surface area contributed by atoms with Crippen molar-refractivity contribution >= 4 is 21.6 Å². The van der Waals surface area contributed by atoms with Crippen LogP contribution in [0.1, 0.15) is 47.2 Å². The van der Waals surface area contributed by atoms with Gasteiger partial charge in [0, 0.05) is 24.8 Å². The Kier molecular flexibility index (Phi) is 5.68. The van der Waals surface area contributed by atoms with Crippen LogP contribution in [0.5, 0.6) is 5.88 Å². The molecule has 3 aliphatic rings.